The zero-order chi connectivity index (χ0) is 12.0. The largest absolute Gasteiger partial charge is 0.0919 e. The number of benzene rings is 1. The molecule has 0 spiro atoms. The zero-order valence-corrected chi connectivity index (χ0v) is 9.86. The Kier molecular flexibility index (Phi) is 3.99. The van der Waals surface area contributed by atoms with E-state index in [1.165, 1.54) is 5.56 Å². The maximum absolute atomic E-state index is 8.10. The SMILES string of the molecule is CC(C)(C)c1cccc(C#CCN=[N+]=[N-])c1. The van der Waals surface area contributed by atoms with Gasteiger partial charge in [-0.25, -0.2) is 0 Å². The molecule has 0 radical (unpaired) electrons. The summed E-state index contributed by atoms with van der Waals surface area (Å²) >= 11 is 0. The van der Waals surface area contributed by atoms with Crippen LogP contribution >= 0.6 is 0 Å². The van der Waals surface area contributed by atoms with Gasteiger partial charge < -0.3 is 0 Å². The average Bonchev–Trinajstić information content (AvgIpc) is 2.24. The molecule has 3 nitrogen and oxygen atoms in total. The van der Waals surface area contributed by atoms with Gasteiger partial charge in [0, 0.05) is 10.5 Å². The van der Waals surface area contributed by atoms with Crippen LogP contribution in [0.15, 0.2) is 29.4 Å². The van der Waals surface area contributed by atoms with Crippen LogP contribution < -0.4 is 0 Å². The molecule has 0 aromatic heterocycles. The molecule has 0 fully saturated rings. The summed E-state index contributed by atoms with van der Waals surface area (Å²) in [6.45, 7) is 6.72. The molecule has 1 aromatic rings. The molecule has 0 aliphatic rings. The summed E-state index contributed by atoms with van der Waals surface area (Å²) in [5.74, 6) is 5.79. The molecule has 0 aliphatic heterocycles. The minimum Gasteiger partial charge on any atom is -0.0919 e. The average molecular weight is 213 g/mol. The van der Waals surface area contributed by atoms with Crippen molar-refractivity contribution >= 4 is 0 Å². The molecule has 0 bridgehead atoms. The fourth-order valence-corrected chi connectivity index (χ4v) is 1.27. The Morgan fingerprint density at radius 2 is 2.12 bits per heavy atom. The summed E-state index contributed by atoms with van der Waals surface area (Å²) in [6, 6.07) is 8.12. The van der Waals surface area contributed by atoms with Gasteiger partial charge in [-0.3, -0.25) is 0 Å². The summed E-state index contributed by atoms with van der Waals surface area (Å²) in [7, 11) is 0. The van der Waals surface area contributed by atoms with Gasteiger partial charge in [0.1, 0.15) is 0 Å². The minimum absolute atomic E-state index is 0.127. The highest BCUT2D eigenvalue weighted by atomic mass is 15.1. The third-order valence-corrected chi connectivity index (χ3v) is 2.17. The van der Waals surface area contributed by atoms with Crippen molar-refractivity contribution in [2.45, 2.75) is 26.2 Å². The standard InChI is InChI=1S/C13H15N3/c1-13(2,3)12-8-4-6-11(10-12)7-5-9-15-16-14/h4,6,8,10H,9H2,1-3H3. The predicted molar refractivity (Wildman–Crippen MR) is 66.0 cm³/mol. The lowest BCUT2D eigenvalue weighted by atomic mass is 9.86. The van der Waals surface area contributed by atoms with Crippen LogP contribution in [0.3, 0.4) is 0 Å². The lowest BCUT2D eigenvalue weighted by Crippen LogP contribution is -2.10. The highest BCUT2D eigenvalue weighted by Crippen LogP contribution is 2.22. The highest BCUT2D eigenvalue weighted by Gasteiger charge is 2.12. The summed E-state index contributed by atoms with van der Waals surface area (Å²) in [5, 5.41) is 3.36. The normalized spacial score (nSPS) is 9.94. The molecule has 0 saturated carbocycles. The summed E-state index contributed by atoms with van der Waals surface area (Å²) in [5.41, 5.74) is 10.4. The van der Waals surface area contributed by atoms with Crippen molar-refractivity contribution in [1.29, 1.82) is 0 Å². The van der Waals surface area contributed by atoms with Crippen molar-refractivity contribution in [2.24, 2.45) is 5.11 Å². The second-order valence-corrected chi connectivity index (χ2v) is 4.52. The van der Waals surface area contributed by atoms with E-state index < -0.39 is 0 Å². The Labute approximate surface area is 96.1 Å². The van der Waals surface area contributed by atoms with E-state index in [0.29, 0.717) is 0 Å². The maximum atomic E-state index is 8.10. The van der Waals surface area contributed by atoms with Gasteiger partial charge in [-0.05, 0) is 28.6 Å². The maximum Gasteiger partial charge on any atom is 0.0880 e. The van der Waals surface area contributed by atoms with Gasteiger partial charge >= 0.3 is 0 Å². The van der Waals surface area contributed by atoms with Crippen LogP contribution in [0.5, 0.6) is 0 Å². The van der Waals surface area contributed by atoms with Crippen molar-refractivity contribution in [3.8, 4) is 11.8 Å². The number of hydrogen-bond donors (Lipinski definition) is 0. The topological polar surface area (TPSA) is 48.8 Å². The van der Waals surface area contributed by atoms with Crippen LogP contribution in [0.4, 0.5) is 0 Å². The van der Waals surface area contributed by atoms with E-state index in [9.17, 15) is 0 Å². The second kappa shape index (κ2) is 5.25. The van der Waals surface area contributed by atoms with Crippen molar-refractivity contribution in [3.05, 3.63) is 45.8 Å². The Morgan fingerprint density at radius 1 is 1.38 bits per heavy atom. The first-order valence-electron chi connectivity index (χ1n) is 5.14. The predicted octanol–water partition coefficient (Wildman–Crippen LogP) is 3.65. The van der Waals surface area contributed by atoms with Gasteiger partial charge in [0.15, 0.2) is 0 Å². The number of nitrogens with zero attached hydrogens (tertiary/aromatic N) is 3. The zero-order valence-electron chi connectivity index (χ0n) is 9.86. The summed E-state index contributed by atoms with van der Waals surface area (Å²) in [6.07, 6.45) is 0. The molecule has 1 rings (SSSR count). The van der Waals surface area contributed by atoms with E-state index in [-0.39, 0.29) is 12.0 Å². The van der Waals surface area contributed by atoms with Crippen LogP contribution in [0.2, 0.25) is 0 Å². The molecule has 1 aromatic carbocycles. The van der Waals surface area contributed by atoms with Crippen LogP contribution in [0.1, 0.15) is 31.9 Å². The first-order valence-corrected chi connectivity index (χ1v) is 5.14. The number of azide groups is 1. The third-order valence-electron chi connectivity index (χ3n) is 2.17. The first kappa shape index (κ1) is 12.2. The van der Waals surface area contributed by atoms with Crippen LogP contribution in [-0.2, 0) is 5.41 Å². The van der Waals surface area contributed by atoms with Crippen LogP contribution in [0, 0.1) is 11.8 Å². The van der Waals surface area contributed by atoms with E-state index in [4.69, 9.17) is 5.53 Å². The van der Waals surface area contributed by atoms with Crippen molar-refractivity contribution in [2.75, 3.05) is 6.54 Å². The minimum atomic E-state index is 0.127. The van der Waals surface area contributed by atoms with E-state index in [1.54, 1.807) is 0 Å². The fraction of sp³-hybridized carbons (Fsp3) is 0.385. The quantitative estimate of drug-likeness (QED) is 0.296. The van der Waals surface area contributed by atoms with Crippen molar-refractivity contribution < 1.29 is 0 Å². The molecule has 0 N–H and O–H groups in total. The molecular formula is C13H15N3. The second-order valence-electron chi connectivity index (χ2n) is 4.52. The Morgan fingerprint density at radius 3 is 2.75 bits per heavy atom. The molecule has 0 saturated heterocycles. The van der Waals surface area contributed by atoms with Crippen molar-refractivity contribution in [1.82, 2.24) is 0 Å². The smallest absolute Gasteiger partial charge is 0.0880 e. The molecule has 16 heavy (non-hydrogen) atoms. The third kappa shape index (κ3) is 3.68. The van der Waals surface area contributed by atoms with Crippen LogP contribution in [0.25, 0.3) is 10.4 Å². The Hall–Kier alpha value is -1.91. The van der Waals surface area contributed by atoms with E-state index in [1.807, 2.05) is 12.1 Å². The molecule has 0 heterocycles. The highest BCUT2D eigenvalue weighted by molar-refractivity contribution is 5.39. The Balaban J connectivity index is 2.89. The van der Waals surface area contributed by atoms with E-state index in [2.05, 4.69) is 54.8 Å². The first-order chi connectivity index (χ1) is 7.54. The van der Waals surface area contributed by atoms with Gasteiger partial charge in [0.05, 0.1) is 6.54 Å². The monoisotopic (exact) mass is 213 g/mol. The van der Waals surface area contributed by atoms with Gasteiger partial charge in [0.2, 0.25) is 0 Å². The molecular weight excluding hydrogens is 198 g/mol. The van der Waals surface area contributed by atoms with Gasteiger partial charge in [-0.15, -0.1) is 0 Å². The van der Waals surface area contributed by atoms with Crippen molar-refractivity contribution in [3.63, 3.8) is 0 Å². The molecule has 0 amide bonds. The molecule has 0 aliphatic carbocycles. The summed E-state index contributed by atoms with van der Waals surface area (Å²) in [4.78, 5) is 2.65. The number of rotatable bonds is 1. The summed E-state index contributed by atoms with van der Waals surface area (Å²) < 4.78 is 0. The van der Waals surface area contributed by atoms with Gasteiger partial charge in [-0.2, -0.15) is 0 Å². The lowest BCUT2D eigenvalue weighted by molar-refractivity contribution is 0.590. The molecule has 3 heteroatoms. The molecule has 0 atom stereocenters. The van der Waals surface area contributed by atoms with E-state index in [0.717, 1.165) is 5.56 Å². The molecule has 0 unspecified atom stereocenters. The Bertz CT molecular complexity index is 466. The van der Waals surface area contributed by atoms with E-state index >= 15 is 0 Å². The van der Waals surface area contributed by atoms with Gasteiger partial charge in [-0.1, -0.05) is 49.9 Å². The van der Waals surface area contributed by atoms with Crippen LogP contribution in [-0.4, -0.2) is 6.54 Å². The number of hydrogen-bond acceptors (Lipinski definition) is 1. The molecule has 82 valence electrons. The fourth-order valence-electron chi connectivity index (χ4n) is 1.27. The van der Waals surface area contributed by atoms with Gasteiger partial charge in [0.25, 0.3) is 0 Å². The lowest BCUT2D eigenvalue weighted by Gasteiger charge is -2.18.